The number of para-hydroxylation sites is 2. The molecule has 0 heterocycles. The summed E-state index contributed by atoms with van der Waals surface area (Å²) in [6.07, 6.45) is 0. The molecule has 0 aliphatic heterocycles. The van der Waals surface area contributed by atoms with Gasteiger partial charge in [0.15, 0.2) is 22.9 Å². The molecule has 0 spiro atoms. The zero-order valence-electron chi connectivity index (χ0n) is 17.6. The summed E-state index contributed by atoms with van der Waals surface area (Å²) in [5, 5.41) is 0. The molecule has 0 bridgehead atoms. The van der Waals surface area contributed by atoms with Crippen molar-refractivity contribution in [1.82, 2.24) is 0 Å². The lowest BCUT2D eigenvalue weighted by molar-refractivity contribution is 0.00313. The smallest absolute Gasteiger partial charge is 0.493 e. The summed E-state index contributed by atoms with van der Waals surface area (Å²) in [5.74, 6) is 1.42. The molecule has 2 aromatic rings. The maximum Gasteiger partial charge on any atom is 0.723 e. The molecule has 1 unspecified atom stereocenters. The molecule has 0 saturated carbocycles. The number of methoxy groups -OCH3 is 1. The van der Waals surface area contributed by atoms with Crippen molar-refractivity contribution in [1.29, 1.82) is 0 Å². The number of hydrogen-bond donors (Lipinski definition) is 0. The van der Waals surface area contributed by atoms with Crippen molar-refractivity contribution in [3.05, 3.63) is 48.5 Å². The minimum absolute atomic E-state index is 0.432. The Labute approximate surface area is 168 Å². The molecule has 2 aromatic carbocycles. The third kappa shape index (κ3) is 6.39. The molecule has 0 saturated heterocycles. The van der Waals surface area contributed by atoms with Crippen LogP contribution in [0.15, 0.2) is 48.5 Å². The van der Waals surface area contributed by atoms with Crippen molar-refractivity contribution in [3.8, 4) is 17.2 Å². The largest absolute Gasteiger partial charge is 0.723 e. The van der Waals surface area contributed by atoms with Crippen LogP contribution in [0.2, 0.25) is 0 Å². The predicted octanol–water partition coefficient (Wildman–Crippen LogP) is 6.15. The van der Waals surface area contributed by atoms with Gasteiger partial charge >= 0.3 is 8.18 Å². The number of benzene rings is 2. The molecular weight excluding hydrogens is 377 g/mol. The fourth-order valence-corrected chi connectivity index (χ4v) is 3.28. The summed E-state index contributed by atoms with van der Waals surface area (Å²) in [4.78, 5) is 7.26. The van der Waals surface area contributed by atoms with Crippen molar-refractivity contribution < 1.29 is 23.4 Å². The van der Waals surface area contributed by atoms with Gasteiger partial charge in [0.1, 0.15) is 5.60 Å². The van der Waals surface area contributed by atoms with Gasteiger partial charge in [0.2, 0.25) is 0 Å². The van der Waals surface area contributed by atoms with E-state index in [0.29, 0.717) is 22.9 Å². The Kier molecular flexibility index (Phi) is 6.91. The second-order valence-electron chi connectivity index (χ2n) is 8.14. The second kappa shape index (κ2) is 8.80. The van der Waals surface area contributed by atoms with Crippen LogP contribution in [0.1, 0.15) is 41.5 Å². The predicted molar refractivity (Wildman–Crippen MR) is 111 cm³/mol. The molecule has 0 aromatic heterocycles. The maximum absolute atomic E-state index is 13.1. The molecule has 28 heavy (non-hydrogen) atoms. The lowest BCUT2D eigenvalue weighted by Crippen LogP contribution is -2.31. The molecule has 152 valence electrons. The molecule has 6 nitrogen and oxygen atoms in total. The van der Waals surface area contributed by atoms with Gasteiger partial charge in [0, 0.05) is 9.40 Å². The molecule has 0 aliphatic carbocycles. The third-order valence-corrected chi connectivity index (χ3v) is 4.19. The molecule has 0 N–H and O–H groups in total. The van der Waals surface area contributed by atoms with E-state index in [-0.39, 0.29) is 0 Å². The minimum Gasteiger partial charge on any atom is -0.493 e. The number of ether oxygens (including phenoxy) is 2. The minimum atomic E-state index is -2.41. The summed E-state index contributed by atoms with van der Waals surface area (Å²) in [5.41, 5.74) is -0.656. The number of anilines is 1. The van der Waals surface area contributed by atoms with E-state index in [9.17, 15) is 4.57 Å². The van der Waals surface area contributed by atoms with Crippen LogP contribution < -0.4 is 18.8 Å². The Bertz CT molecular complexity index is 797. The van der Waals surface area contributed by atoms with Crippen molar-refractivity contribution >= 4 is 13.9 Å². The van der Waals surface area contributed by atoms with E-state index in [1.165, 1.54) is 4.83 Å². The van der Waals surface area contributed by atoms with Crippen LogP contribution in [-0.4, -0.2) is 18.3 Å². The first-order valence-electron chi connectivity index (χ1n) is 9.05. The summed E-state index contributed by atoms with van der Waals surface area (Å²) >= 11 is 0. The molecule has 7 heteroatoms. The zero-order valence-corrected chi connectivity index (χ0v) is 18.4. The van der Waals surface area contributed by atoms with Crippen LogP contribution in [0.25, 0.3) is 0 Å². The highest BCUT2D eigenvalue weighted by Gasteiger charge is 2.41. The van der Waals surface area contributed by atoms with Gasteiger partial charge in [-0.3, -0.25) is 0 Å². The van der Waals surface area contributed by atoms with E-state index < -0.39 is 19.4 Å². The SMILES string of the molecule is COc1cccc(N(OC(C)(C)C)[P+](=O)Oc2ccccc2)c1OC(C)(C)C. The van der Waals surface area contributed by atoms with E-state index >= 15 is 0 Å². The van der Waals surface area contributed by atoms with E-state index in [1.807, 2.05) is 59.7 Å². The first kappa shape index (κ1) is 22.0. The summed E-state index contributed by atoms with van der Waals surface area (Å²) in [6, 6.07) is 14.3. The number of rotatable bonds is 7. The molecule has 2 rings (SSSR count). The quantitative estimate of drug-likeness (QED) is 0.406. The van der Waals surface area contributed by atoms with E-state index in [1.54, 1.807) is 37.4 Å². The van der Waals surface area contributed by atoms with Gasteiger partial charge in [0.05, 0.1) is 12.7 Å². The van der Waals surface area contributed by atoms with E-state index in [2.05, 4.69) is 0 Å². The Morgan fingerprint density at radius 2 is 1.50 bits per heavy atom. The highest BCUT2D eigenvalue weighted by molar-refractivity contribution is 7.41. The highest BCUT2D eigenvalue weighted by atomic mass is 31.1. The van der Waals surface area contributed by atoms with Crippen LogP contribution in [0.5, 0.6) is 17.2 Å². The van der Waals surface area contributed by atoms with Gasteiger partial charge in [-0.05, 0) is 65.8 Å². The topological polar surface area (TPSA) is 57.2 Å². The Balaban J connectivity index is 2.49. The van der Waals surface area contributed by atoms with Crippen LogP contribution in [0.4, 0.5) is 5.69 Å². The average molecular weight is 406 g/mol. The van der Waals surface area contributed by atoms with Gasteiger partial charge in [0.25, 0.3) is 0 Å². The summed E-state index contributed by atoms with van der Waals surface area (Å²) in [6.45, 7) is 11.4. The molecule has 0 amide bonds. The van der Waals surface area contributed by atoms with Gasteiger partial charge in [-0.25, -0.2) is 9.36 Å². The molecule has 0 radical (unpaired) electrons. The van der Waals surface area contributed by atoms with Crippen LogP contribution in [0.3, 0.4) is 0 Å². The molecular formula is C21H29NO5P+. The maximum atomic E-state index is 13.1. The van der Waals surface area contributed by atoms with Crippen molar-refractivity contribution in [2.24, 2.45) is 0 Å². The second-order valence-corrected chi connectivity index (χ2v) is 9.16. The first-order chi connectivity index (χ1) is 13.0. The normalized spacial score (nSPS) is 12.3. The zero-order chi connectivity index (χ0) is 20.9. The summed E-state index contributed by atoms with van der Waals surface area (Å²) in [7, 11) is -0.851. The lowest BCUT2D eigenvalue weighted by Gasteiger charge is -2.27. The molecule has 0 fully saturated rings. The van der Waals surface area contributed by atoms with Crippen molar-refractivity contribution in [2.45, 2.75) is 52.7 Å². The van der Waals surface area contributed by atoms with Gasteiger partial charge in [-0.1, -0.05) is 24.3 Å². The van der Waals surface area contributed by atoms with Gasteiger partial charge < -0.3 is 9.47 Å². The van der Waals surface area contributed by atoms with E-state index in [0.717, 1.165) is 0 Å². The van der Waals surface area contributed by atoms with Crippen LogP contribution in [-0.2, 0) is 9.40 Å². The van der Waals surface area contributed by atoms with Gasteiger partial charge in [-0.15, -0.1) is 0 Å². The average Bonchev–Trinajstić information content (AvgIpc) is 2.59. The number of hydrogen-bond acceptors (Lipinski definition) is 5. The van der Waals surface area contributed by atoms with Crippen LogP contribution >= 0.6 is 8.18 Å². The van der Waals surface area contributed by atoms with Crippen LogP contribution in [0, 0.1) is 0 Å². The van der Waals surface area contributed by atoms with E-state index in [4.69, 9.17) is 18.8 Å². The third-order valence-electron chi connectivity index (χ3n) is 3.23. The lowest BCUT2D eigenvalue weighted by atomic mass is 10.2. The standard InChI is InChI=1S/C21H29NO5P/c1-20(2,3)25-19-17(14-11-15-18(19)24-7)22(27-21(4,5)6)28(23)26-16-12-9-8-10-13-16/h8-15H,1-7H3/q+1. The molecule has 0 aliphatic rings. The Morgan fingerprint density at radius 3 is 2.04 bits per heavy atom. The fraction of sp³-hybridized carbons (Fsp3) is 0.429. The van der Waals surface area contributed by atoms with Crippen molar-refractivity contribution in [2.75, 3.05) is 11.9 Å². The van der Waals surface area contributed by atoms with Crippen molar-refractivity contribution in [3.63, 3.8) is 0 Å². The molecule has 1 atom stereocenters. The summed E-state index contributed by atoms with van der Waals surface area (Å²) < 4.78 is 30.4. The first-order valence-corrected chi connectivity index (χ1v) is 10.2. The van der Waals surface area contributed by atoms with Gasteiger partial charge in [-0.2, -0.15) is 0 Å². The Hall–Kier alpha value is -2.30. The monoisotopic (exact) mass is 406 g/mol. The highest BCUT2D eigenvalue weighted by Crippen LogP contribution is 2.47. The number of nitrogens with zero attached hydrogens (tertiary/aromatic N) is 1. The Morgan fingerprint density at radius 1 is 0.857 bits per heavy atom. The fourth-order valence-electron chi connectivity index (χ4n) is 2.26.